The predicted octanol–water partition coefficient (Wildman–Crippen LogP) is 4.90. The number of unbranched alkanes of at least 4 members (excludes halogenated alkanes) is 1. The summed E-state index contributed by atoms with van der Waals surface area (Å²) in [5.74, 6) is -0.136. The van der Waals surface area contributed by atoms with Gasteiger partial charge in [-0.2, -0.15) is 5.26 Å². The van der Waals surface area contributed by atoms with Crippen LogP contribution in [0, 0.1) is 11.3 Å². The molecule has 0 saturated carbocycles. The Kier molecular flexibility index (Phi) is 6.97. The molecule has 0 unspecified atom stereocenters. The molecule has 0 aliphatic carbocycles. The van der Waals surface area contributed by atoms with Crippen LogP contribution >= 0.6 is 0 Å². The van der Waals surface area contributed by atoms with Crippen molar-refractivity contribution in [1.82, 2.24) is 4.90 Å². The molecule has 2 atom stereocenters. The number of amides is 1. The Labute approximate surface area is 157 Å². The Hall–Kier alpha value is -2.60. The van der Waals surface area contributed by atoms with E-state index in [0.717, 1.165) is 30.4 Å². The van der Waals surface area contributed by atoms with E-state index in [4.69, 9.17) is 0 Å². The third kappa shape index (κ3) is 4.32. The molecule has 0 aromatic heterocycles. The topological polar surface area (TPSA) is 44.1 Å². The second-order valence-corrected chi connectivity index (χ2v) is 7.01. The van der Waals surface area contributed by atoms with Crippen LogP contribution in [-0.4, -0.2) is 24.9 Å². The van der Waals surface area contributed by atoms with E-state index in [2.05, 4.69) is 13.0 Å². The molecule has 0 heterocycles. The normalized spacial score (nSPS) is 14.1. The highest BCUT2D eigenvalue weighted by atomic mass is 16.2. The lowest BCUT2D eigenvalue weighted by Crippen LogP contribution is -2.36. The molecular formula is C23H28N2O. The van der Waals surface area contributed by atoms with Crippen molar-refractivity contribution in [2.45, 2.75) is 43.9 Å². The Morgan fingerprint density at radius 2 is 1.65 bits per heavy atom. The van der Waals surface area contributed by atoms with Crippen molar-refractivity contribution in [3.05, 3.63) is 71.8 Å². The quantitative estimate of drug-likeness (QED) is 0.681. The minimum Gasteiger partial charge on any atom is -0.349 e. The molecule has 2 aromatic rings. The maximum absolute atomic E-state index is 12.6. The first kappa shape index (κ1) is 19.7. The molecule has 3 nitrogen and oxygen atoms in total. The lowest BCUT2D eigenvalue weighted by atomic mass is 9.64. The number of nitriles is 1. The van der Waals surface area contributed by atoms with Crippen molar-refractivity contribution in [3.63, 3.8) is 0 Å². The minimum atomic E-state index is -0.718. The fraction of sp³-hybridized carbons (Fsp3) is 0.391. The molecule has 0 fully saturated rings. The first-order valence-electron chi connectivity index (χ1n) is 9.27. The molecule has 0 radical (unpaired) electrons. The fourth-order valence-electron chi connectivity index (χ4n) is 3.53. The zero-order valence-corrected chi connectivity index (χ0v) is 16.0. The summed E-state index contributed by atoms with van der Waals surface area (Å²) in [4.78, 5) is 14.2. The van der Waals surface area contributed by atoms with Crippen LogP contribution in [0.15, 0.2) is 60.7 Å². The van der Waals surface area contributed by atoms with Crippen molar-refractivity contribution in [3.8, 4) is 6.07 Å². The first-order valence-corrected chi connectivity index (χ1v) is 9.27. The second-order valence-electron chi connectivity index (χ2n) is 7.01. The number of benzene rings is 2. The van der Waals surface area contributed by atoms with Gasteiger partial charge in [-0.25, -0.2) is 0 Å². The van der Waals surface area contributed by atoms with Crippen molar-refractivity contribution >= 4 is 5.91 Å². The minimum absolute atomic E-state index is 0.0471. The zero-order chi connectivity index (χ0) is 19.0. The van der Waals surface area contributed by atoms with E-state index in [9.17, 15) is 10.1 Å². The van der Waals surface area contributed by atoms with E-state index >= 15 is 0 Å². The van der Waals surface area contributed by atoms with Gasteiger partial charge in [0.1, 0.15) is 0 Å². The van der Waals surface area contributed by atoms with Crippen LogP contribution in [-0.2, 0) is 10.2 Å². The van der Waals surface area contributed by atoms with E-state index < -0.39 is 5.41 Å². The summed E-state index contributed by atoms with van der Waals surface area (Å²) in [6.45, 7) is 2.13. The van der Waals surface area contributed by atoms with Gasteiger partial charge in [-0.05, 0) is 17.5 Å². The third-order valence-corrected chi connectivity index (χ3v) is 5.09. The summed E-state index contributed by atoms with van der Waals surface area (Å²) >= 11 is 0. The molecule has 0 aliphatic rings. The lowest BCUT2D eigenvalue weighted by Gasteiger charge is -2.36. The molecule has 2 aromatic carbocycles. The highest BCUT2D eigenvalue weighted by molar-refractivity contribution is 5.77. The standard InChI is InChI=1S/C23H28N2O/c1-4-5-16-23(18-24,20-14-10-7-11-15-20)21(17-22(26)25(2)3)19-12-8-6-9-13-19/h6-15,21H,4-5,16-17H2,1-3H3/t21-,23-/m1/s1. The molecule has 3 heteroatoms. The number of carbonyl (C=O) groups excluding carboxylic acids is 1. The van der Waals surface area contributed by atoms with Crippen LogP contribution in [0.5, 0.6) is 0 Å². The van der Waals surface area contributed by atoms with E-state index in [1.54, 1.807) is 19.0 Å². The molecule has 0 spiro atoms. The van der Waals surface area contributed by atoms with Gasteiger partial charge in [0.15, 0.2) is 0 Å². The SMILES string of the molecule is CCCC[C@@](C#N)(c1ccccc1)[C@H](CC(=O)N(C)C)c1ccccc1. The monoisotopic (exact) mass is 348 g/mol. The van der Waals surface area contributed by atoms with Gasteiger partial charge in [-0.15, -0.1) is 0 Å². The Morgan fingerprint density at radius 1 is 1.08 bits per heavy atom. The van der Waals surface area contributed by atoms with Gasteiger partial charge >= 0.3 is 0 Å². The number of hydrogen-bond acceptors (Lipinski definition) is 2. The summed E-state index contributed by atoms with van der Waals surface area (Å²) < 4.78 is 0. The van der Waals surface area contributed by atoms with Gasteiger partial charge in [0.05, 0.1) is 11.5 Å². The second kappa shape index (κ2) is 9.20. The van der Waals surface area contributed by atoms with Crippen LogP contribution in [0.3, 0.4) is 0 Å². The van der Waals surface area contributed by atoms with Gasteiger partial charge < -0.3 is 4.90 Å². The highest BCUT2D eigenvalue weighted by Crippen LogP contribution is 2.45. The molecule has 0 bridgehead atoms. The summed E-state index contributed by atoms with van der Waals surface area (Å²) in [5, 5.41) is 10.4. The number of carbonyl (C=O) groups is 1. The maximum atomic E-state index is 12.6. The molecule has 0 saturated heterocycles. The van der Waals surface area contributed by atoms with Gasteiger partial charge in [-0.1, -0.05) is 80.4 Å². The van der Waals surface area contributed by atoms with Gasteiger partial charge in [0, 0.05) is 26.4 Å². The highest BCUT2D eigenvalue weighted by Gasteiger charge is 2.42. The van der Waals surface area contributed by atoms with Crippen LogP contribution in [0.25, 0.3) is 0 Å². The predicted molar refractivity (Wildman–Crippen MR) is 106 cm³/mol. The van der Waals surface area contributed by atoms with Crippen molar-refractivity contribution < 1.29 is 4.79 Å². The van der Waals surface area contributed by atoms with Crippen LogP contribution in [0.4, 0.5) is 0 Å². The molecular weight excluding hydrogens is 320 g/mol. The van der Waals surface area contributed by atoms with E-state index in [-0.39, 0.29) is 11.8 Å². The lowest BCUT2D eigenvalue weighted by molar-refractivity contribution is -0.129. The van der Waals surface area contributed by atoms with E-state index in [0.29, 0.717) is 6.42 Å². The molecule has 136 valence electrons. The van der Waals surface area contributed by atoms with Crippen molar-refractivity contribution in [1.29, 1.82) is 5.26 Å². The Bertz CT molecular complexity index is 734. The molecule has 0 aliphatic heterocycles. The number of hydrogen-bond donors (Lipinski definition) is 0. The smallest absolute Gasteiger partial charge is 0.222 e. The number of nitrogens with zero attached hydrogens (tertiary/aromatic N) is 2. The third-order valence-electron chi connectivity index (χ3n) is 5.09. The van der Waals surface area contributed by atoms with Gasteiger partial charge in [0.25, 0.3) is 0 Å². The molecule has 2 rings (SSSR count). The summed E-state index contributed by atoms with van der Waals surface area (Å²) in [5.41, 5.74) is 1.32. The van der Waals surface area contributed by atoms with Crippen LogP contribution < -0.4 is 0 Å². The summed E-state index contributed by atoms with van der Waals surface area (Å²) in [6, 6.07) is 22.6. The van der Waals surface area contributed by atoms with Crippen molar-refractivity contribution in [2.75, 3.05) is 14.1 Å². The van der Waals surface area contributed by atoms with Crippen LogP contribution in [0.1, 0.15) is 49.7 Å². The summed E-state index contributed by atoms with van der Waals surface area (Å²) in [6.07, 6.45) is 3.02. The van der Waals surface area contributed by atoms with E-state index in [1.807, 2.05) is 60.7 Å². The number of rotatable bonds is 8. The maximum Gasteiger partial charge on any atom is 0.222 e. The molecule has 0 N–H and O–H groups in total. The Morgan fingerprint density at radius 3 is 2.15 bits per heavy atom. The average Bonchev–Trinajstić information content (AvgIpc) is 2.69. The average molecular weight is 348 g/mol. The van der Waals surface area contributed by atoms with Gasteiger partial charge in [0.2, 0.25) is 5.91 Å². The largest absolute Gasteiger partial charge is 0.349 e. The van der Waals surface area contributed by atoms with Gasteiger partial charge in [-0.3, -0.25) is 4.79 Å². The first-order chi connectivity index (χ1) is 12.5. The fourth-order valence-corrected chi connectivity index (χ4v) is 3.53. The zero-order valence-electron chi connectivity index (χ0n) is 16.0. The van der Waals surface area contributed by atoms with Crippen molar-refractivity contribution in [2.24, 2.45) is 0 Å². The van der Waals surface area contributed by atoms with E-state index in [1.165, 1.54) is 0 Å². The Balaban J connectivity index is 2.60. The van der Waals surface area contributed by atoms with Crippen LogP contribution in [0.2, 0.25) is 0 Å². The summed E-state index contributed by atoms with van der Waals surface area (Å²) in [7, 11) is 3.54. The molecule has 1 amide bonds. The molecule has 26 heavy (non-hydrogen) atoms.